The van der Waals surface area contributed by atoms with Crippen LogP contribution in [0.2, 0.25) is 0 Å². The van der Waals surface area contributed by atoms with Gasteiger partial charge in [-0.1, -0.05) is 48.5 Å². The molecule has 0 saturated carbocycles. The number of aromatic nitrogens is 8. The van der Waals surface area contributed by atoms with Crippen molar-refractivity contribution >= 4 is 84.4 Å². The van der Waals surface area contributed by atoms with Gasteiger partial charge in [0.25, 0.3) is 20.2 Å². The molecule has 7 aromatic rings. The van der Waals surface area contributed by atoms with Gasteiger partial charge in [0.15, 0.2) is 11.6 Å². The van der Waals surface area contributed by atoms with Gasteiger partial charge >= 0.3 is 17.1 Å². The van der Waals surface area contributed by atoms with Crippen LogP contribution in [0.5, 0.6) is 0 Å². The van der Waals surface area contributed by atoms with Gasteiger partial charge in [0.05, 0.1) is 34.7 Å². The fraction of sp³-hybridized carbons (Fsp3) is 0.111. The number of nitrogens with two attached hydrogens (primary N) is 1. The first-order valence-corrected chi connectivity index (χ1v) is 23.6. The number of nitrogens with zero attached hydrogens (tertiary/aromatic N) is 9. The predicted octanol–water partition coefficient (Wildman–Crippen LogP) is 1.24. The van der Waals surface area contributed by atoms with E-state index in [9.17, 15) is 53.0 Å². The molecule has 5 heterocycles. The number of benzene rings is 4. The molecule has 9 rings (SSSR count). The number of sulfonamides is 2. The molecule has 0 amide bonds. The third-order valence-corrected chi connectivity index (χ3v) is 14.5. The molecule has 8 bridgehead atoms. The third-order valence-electron chi connectivity index (χ3n) is 9.84. The summed E-state index contributed by atoms with van der Waals surface area (Å²) in [6.45, 7) is -2.06. The molecule has 63 heavy (non-hydrogen) atoms. The van der Waals surface area contributed by atoms with Crippen LogP contribution < -0.4 is 15.1 Å². The van der Waals surface area contributed by atoms with Crippen LogP contribution in [0, 0.1) is 0 Å². The van der Waals surface area contributed by atoms with Gasteiger partial charge in [0.2, 0.25) is 20.0 Å². The van der Waals surface area contributed by atoms with Gasteiger partial charge in [0, 0.05) is 68.7 Å². The number of aliphatic hydroxyl groups is 2. The van der Waals surface area contributed by atoms with E-state index in [0.29, 0.717) is 0 Å². The van der Waals surface area contributed by atoms with Crippen molar-refractivity contribution in [1.82, 2.24) is 44.2 Å². The molecule has 0 aliphatic carbocycles. The topological polar surface area (TPSA) is 352 Å². The van der Waals surface area contributed by atoms with Crippen molar-refractivity contribution < 1.29 is 70.1 Å². The average Bonchev–Trinajstić information content (AvgIpc) is 3.95. The Morgan fingerprint density at radius 3 is 1.46 bits per heavy atom. The Bertz CT molecular complexity index is 3750. The fourth-order valence-corrected chi connectivity index (χ4v) is 11.1. The molecule has 0 fully saturated rings. The zero-order chi connectivity index (χ0) is 44.1. The number of aliphatic hydroxyl groups excluding tert-OH is 2. The molecular formula is C36H26CuN10O12S4. The minimum absolute atomic E-state index is 0. The van der Waals surface area contributed by atoms with Crippen molar-refractivity contribution in [1.29, 1.82) is 0 Å². The normalized spacial score (nSPS) is 13.0. The number of primary sulfonamides is 1. The van der Waals surface area contributed by atoms with Gasteiger partial charge in [-0.2, -0.15) is 21.1 Å². The zero-order valence-corrected chi connectivity index (χ0v) is 35.6. The average molecular weight is 982 g/mol. The first-order valence-electron chi connectivity index (χ1n) is 17.8. The van der Waals surface area contributed by atoms with E-state index in [1.54, 1.807) is 0 Å². The van der Waals surface area contributed by atoms with Crippen LogP contribution >= 0.6 is 0 Å². The SMILES string of the molecule is NS(=O)(=O)c1cccc2c1-c1nc-2nc2[n-]c(nc3[n-]c(nc4nc(n1)-c1cccc(S(=O)(=O)O)c1-4)c1cccc(S(=O)(=O)O)c31)c1cccc(S(=O)(=O)N(CCO)CCO)c21.[Cu+2]. The summed E-state index contributed by atoms with van der Waals surface area (Å²) in [6, 6.07) is 15.3. The molecule has 327 valence electrons. The molecule has 27 heteroatoms. The van der Waals surface area contributed by atoms with E-state index >= 15 is 0 Å². The second-order valence-corrected chi connectivity index (χ2v) is 19.8. The minimum atomic E-state index is -5.02. The number of hydrogen-bond acceptors (Lipinski definition) is 16. The predicted molar refractivity (Wildman–Crippen MR) is 218 cm³/mol. The summed E-state index contributed by atoms with van der Waals surface area (Å²) in [5.74, 6) is -1.35. The molecule has 3 aromatic heterocycles. The number of rotatable bonds is 9. The minimum Gasteiger partial charge on any atom is -0.395 e. The smallest absolute Gasteiger partial charge is 0.395 e. The van der Waals surface area contributed by atoms with E-state index in [2.05, 4.69) is 39.9 Å². The van der Waals surface area contributed by atoms with Gasteiger partial charge in [-0.25, -0.2) is 36.9 Å². The zero-order valence-electron chi connectivity index (χ0n) is 31.3. The Hall–Kier alpha value is -5.68. The van der Waals surface area contributed by atoms with E-state index in [-0.39, 0.29) is 95.3 Å². The standard InChI is InChI=1S/C36H26N10O12S4.Cu/c37-59(49,50)21-9-1-5-17-25(21)33-38-29(17)40-34-26-18(6-2-10-22(26)60(51,52)46(13-15-47)14-16-48)30(41-34)42-35-28-20(8-4-12-24(28)62(56,57)58)32(44-35)45-36-27-19(31(39-33)43-36)7-3-11-23(27)61(53,54)55;/h1-12,47-48H,13-16H2,(H4-2,37,38,39,40,41,42,43,44,45,49,50,53,54,55,56,57,58);/q-2;+2. The van der Waals surface area contributed by atoms with Gasteiger partial charge < -0.3 is 35.1 Å². The quantitative estimate of drug-likeness (QED) is 0.100. The van der Waals surface area contributed by atoms with Crippen molar-refractivity contribution in [2.24, 2.45) is 5.14 Å². The second-order valence-electron chi connectivity index (χ2n) is 13.5. The molecule has 4 aromatic carbocycles. The van der Waals surface area contributed by atoms with Crippen LogP contribution in [-0.2, 0) is 57.4 Å². The van der Waals surface area contributed by atoms with E-state index < -0.39 is 97.6 Å². The van der Waals surface area contributed by atoms with Crippen molar-refractivity contribution in [2.75, 3.05) is 26.3 Å². The van der Waals surface area contributed by atoms with Crippen molar-refractivity contribution in [3.63, 3.8) is 0 Å². The maximum Gasteiger partial charge on any atom is 2.00 e. The Morgan fingerprint density at radius 1 is 0.508 bits per heavy atom. The van der Waals surface area contributed by atoms with Gasteiger partial charge in [-0.15, -0.1) is 0 Å². The van der Waals surface area contributed by atoms with Crippen molar-refractivity contribution in [3.05, 3.63) is 72.8 Å². The van der Waals surface area contributed by atoms with Crippen molar-refractivity contribution in [3.8, 4) is 45.6 Å². The molecule has 2 aliphatic heterocycles. The maximum absolute atomic E-state index is 14.3. The van der Waals surface area contributed by atoms with E-state index in [4.69, 9.17) is 5.14 Å². The van der Waals surface area contributed by atoms with Crippen LogP contribution in [-0.4, -0.2) is 114 Å². The Balaban J connectivity index is 0.00000544. The molecule has 0 unspecified atom stereocenters. The van der Waals surface area contributed by atoms with E-state index in [0.717, 1.165) is 16.4 Å². The Morgan fingerprint density at radius 2 is 0.921 bits per heavy atom. The molecule has 0 saturated heterocycles. The summed E-state index contributed by atoms with van der Waals surface area (Å²) >= 11 is 0. The van der Waals surface area contributed by atoms with Crippen LogP contribution in [0.4, 0.5) is 0 Å². The summed E-state index contributed by atoms with van der Waals surface area (Å²) in [6.07, 6.45) is 0. The Labute approximate surface area is 366 Å². The van der Waals surface area contributed by atoms with Crippen LogP contribution in [0.1, 0.15) is 0 Å². The summed E-state index contributed by atoms with van der Waals surface area (Å²) in [5.41, 5.74) is -1.88. The molecule has 2 aliphatic rings. The third kappa shape index (κ3) is 7.35. The monoisotopic (exact) mass is 981 g/mol. The molecule has 22 nitrogen and oxygen atoms in total. The molecule has 0 atom stereocenters. The molecule has 6 N–H and O–H groups in total. The largest absolute Gasteiger partial charge is 2.00 e. The number of fused-ring (bicyclic) bond motifs is 20. The van der Waals surface area contributed by atoms with Gasteiger partial charge in [-0.3, -0.25) is 9.11 Å². The van der Waals surface area contributed by atoms with Gasteiger partial charge in [-0.05, 0) is 35.0 Å². The van der Waals surface area contributed by atoms with E-state index in [1.807, 2.05) is 0 Å². The van der Waals surface area contributed by atoms with Crippen LogP contribution in [0.3, 0.4) is 0 Å². The van der Waals surface area contributed by atoms with Crippen molar-refractivity contribution in [2.45, 2.75) is 19.6 Å². The summed E-state index contributed by atoms with van der Waals surface area (Å²) in [4.78, 5) is 34.1. The summed E-state index contributed by atoms with van der Waals surface area (Å²) in [5, 5.41) is 24.6. The summed E-state index contributed by atoms with van der Waals surface area (Å²) in [7, 11) is -19.1. The second kappa shape index (κ2) is 15.5. The first kappa shape index (κ1) is 43.9. The summed E-state index contributed by atoms with van der Waals surface area (Å²) < 4.78 is 127. The van der Waals surface area contributed by atoms with Crippen LogP contribution in [0.15, 0.2) is 92.4 Å². The fourth-order valence-electron chi connectivity index (χ4n) is 7.32. The Kier molecular flexibility index (Phi) is 10.8. The molecule has 1 radical (unpaired) electrons. The molecular weight excluding hydrogens is 956 g/mol. The number of hydrogen-bond donors (Lipinski definition) is 5. The van der Waals surface area contributed by atoms with E-state index in [1.165, 1.54) is 60.7 Å². The first-order chi connectivity index (χ1) is 29.3. The maximum atomic E-state index is 14.3. The van der Waals surface area contributed by atoms with Crippen LogP contribution in [0.25, 0.3) is 89.7 Å². The molecule has 0 spiro atoms. The van der Waals surface area contributed by atoms with Gasteiger partial charge in [0.1, 0.15) is 9.79 Å².